The third kappa shape index (κ3) is 4.52. The average molecular weight is 508 g/mol. The number of ether oxygens (including phenoxy) is 4. The smallest absolute Gasteiger partial charge is 0.335 e. The Hall–Kier alpha value is -3.54. The molecule has 1 atom stereocenters. The first-order chi connectivity index (χ1) is 17.5. The summed E-state index contributed by atoms with van der Waals surface area (Å²) >= 11 is 0. The lowest BCUT2D eigenvalue weighted by Gasteiger charge is -2.35. The number of carbonyl (C=O) groups excluding carboxylic acids is 1. The molecule has 0 saturated carbocycles. The zero-order chi connectivity index (χ0) is 25.7. The van der Waals surface area contributed by atoms with Crippen molar-refractivity contribution in [3.63, 3.8) is 0 Å². The van der Waals surface area contributed by atoms with Crippen molar-refractivity contribution in [2.24, 2.45) is 0 Å². The summed E-state index contributed by atoms with van der Waals surface area (Å²) in [5, 5.41) is 1.35. The van der Waals surface area contributed by atoms with Gasteiger partial charge >= 0.3 is 5.97 Å². The van der Waals surface area contributed by atoms with Crippen molar-refractivity contribution in [1.29, 1.82) is 0 Å². The number of rotatable bonds is 9. The van der Waals surface area contributed by atoms with Crippen molar-refractivity contribution < 1.29 is 28.3 Å². The zero-order valence-corrected chi connectivity index (χ0v) is 21.7. The second-order valence-electron chi connectivity index (χ2n) is 8.11. The lowest BCUT2D eigenvalue weighted by molar-refractivity contribution is -0.138. The van der Waals surface area contributed by atoms with Crippen LogP contribution in [0.4, 0.5) is 0 Å². The van der Waals surface area contributed by atoms with Crippen LogP contribution in [0.25, 0.3) is 0 Å². The highest BCUT2D eigenvalue weighted by molar-refractivity contribution is 7.76. The molecule has 1 aliphatic heterocycles. The normalized spacial score (nSPS) is 15.8. The highest BCUT2D eigenvalue weighted by atomic mass is 31.2. The molecule has 1 aliphatic rings. The van der Waals surface area contributed by atoms with Crippen molar-refractivity contribution in [2.45, 2.75) is 13.0 Å². The molecule has 0 N–H and O–H groups in total. The molecule has 8 heteroatoms. The second-order valence-corrected chi connectivity index (χ2v) is 10.8. The van der Waals surface area contributed by atoms with Gasteiger partial charge in [-0.25, -0.2) is 9.46 Å². The number of hydrogen-bond acceptors (Lipinski definition) is 6. The molecule has 3 aromatic rings. The molecule has 0 amide bonds. The first-order valence-electron chi connectivity index (χ1n) is 11.6. The fraction of sp³-hybridized carbons (Fsp3) is 0.250. The quantitative estimate of drug-likeness (QED) is 0.312. The fourth-order valence-electron chi connectivity index (χ4n) is 4.57. The van der Waals surface area contributed by atoms with Gasteiger partial charge in [0.1, 0.15) is 0 Å². The SMILES string of the molecule is CCOC(=O)C1=CCN(P(=O)(c2ccccc2)c2ccccc2)C1c1cc(OC)c(OC)c(OC)c1. The van der Waals surface area contributed by atoms with Crippen LogP contribution in [-0.4, -0.2) is 45.1 Å². The first kappa shape index (κ1) is 25.5. The van der Waals surface area contributed by atoms with Crippen molar-refractivity contribution in [3.8, 4) is 17.2 Å². The minimum Gasteiger partial charge on any atom is -0.493 e. The molecule has 0 aromatic heterocycles. The maximum Gasteiger partial charge on any atom is 0.335 e. The molecular weight excluding hydrogens is 477 g/mol. The van der Waals surface area contributed by atoms with Gasteiger partial charge in [-0.15, -0.1) is 0 Å². The van der Waals surface area contributed by atoms with Crippen LogP contribution in [0.5, 0.6) is 17.2 Å². The largest absolute Gasteiger partial charge is 0.493 e. The lowest BCUT2D eigenvalue weighted by atomic mass is 9.99. The van der Waals surface area contributed by atoms with Crippen LogP contribution in [-0.2, 0) is 14.1 Å². The molecule has 3 aromatic carbocycles. The summed E-state index contributed by atoms with van der Waals surface area (Å²) in [4.78, 5) is 13.1. The van der Waals surface area contributed by atoms with E-state index in [4.69, 9.17) is 18.9 Å². The number of hydrogen-bond donors (Lipinski definition) is 0. The van der Waals surface area contributed by atoms with Gasteiger partial charge < -0.3 is 18.9 Å². The zero-order valence-electron chi connectivity index (χ0n) is 20.8. The van der Waals surface area contributed by atoms with E-state index >= 15 is 4.57 Å². The maximum absolute atomic E-state index is 15.2. The van der Waals surface area contributed by atoms with Crippen molar-refractivity contribution in [3.05, 3.63) is 90.0 Å². The van der Waals surface area contributed by atoms with Crippen LogP contribution in [0.3, 0.4) is 0 Å². The molecule has 7 nitrogen and oxygen atoms in total. The van der Waals surface area contributed by atoms with Crippen LogP contribution in [0.15, 0.2) is 84.4 Å². The van der Waals surface area contributed by atoms with Gasteiger partial charge in [-0.2, -0.15) is 0 Å². The van der Waals surface area contributed by atoms with E-state index in [1.165, 1.54) is 21.3 Å². The van der Waals surface area contributed by atoms with E-state index in [9.17, 15) is 4.79 Å². The molecule has 0 aliphatic carbocycles. The van der Waals surface area contributed by atoms with Crippen LogP contribution >= 0.6 is 7.29 Å². The highest BCUT2D eigenvalue weighted by Gasteiger charge is 2.45. The number of benzene rings is 3. The Bertz CT molecular complexity index is 1220. The van der Waals surface area contributed by atoms with Gasteiger partial charge in [-0.3, -0.25) is 4.57 Å². The van der Waals surface area contributed by atoms with Crippen LogP contribution < -0.4 is 24.8 Å². The Balaban J connectivity index is 1.96. The molecule has 0 saturated heterocycles. The van der Waals surface area contributed by atoms with Gasteiger partial charge in [0.05, 0.1) is 39.6 Å². The first-order valence-corrected chi connectivity index (χ1v) is 13.3. The minimum absolute atomic E-state index is 0.229. The number of methoxy groups -OCH3 is 3. The molecule has 0 radical (unpaired) electrons. The summed E-state index contributed by atoms with van der Waals surface area (Å²) in [6.45, 7) is 2.28. The molecule has 188 valence electrons. The van der Waals surface area contributed by atoms with Crippen molar-refractivity contribution >= 4 is 23.9 Å². The number of nitrogens with zero attached hydrogens (tertiary/aromatic N) is 1. The molecule has 0 spiro atoms. The predicted octanol–water partition coefficient (Wildman–Crippen LogP) is 4.49. The van der Waals surface area contributed by atoms with Gasteiger partial charge in [-0.1, -0.05) is 42.5 Å². The van der Waals surface area contributed by atoms with Gasteiger partial charge in [-0.05, 0) is 48.9 Å². The van der Waals surface area contributed by atoms with Gasteiger partial charge in [0.15, 0.2) is 11.5 Å². The van der Waals surface area contributed by atoms with E-state index < -0.39 is 19.3 Å². The molecular formula is C28H30NO6P. The highest BCUT2D eigenvalue weighted by Crippen LogP contribution is 2.57. The molecule has 1 unspecified atom stereocenters. The van der Waals surface area contributed by atoms with Crippen molar-refractivity contribution in [2.75, 3.05) is 34.5 Å². The Kier molecular flexibility index (Phi) is 7.82. The monoisotopic (exact) mass is 507 g/mol. The molecule has 0 fully saturated rings. The second kappa shape index (κ2) is 11.0. The Morgan fingerprint density at radius 3 is 1.86 bits per heavy atom. The van der Waals surface area contributed by atoms with E-state index in [0.717, 1.165) is 0 Å². The summed E-state index contributed by atoms with van der Waals surface area (Å²) in [6.07, 6.45) is 1.80. The lowest BCUT2D eigenvalue weighted by Crippen LogP contribution is -2.34. The van der Waals surface area contributed by atoms with Gasteiger partial charge in [0.25, 0.3) is 0 Å². The molecule has 0 bridgehead atoms. The number of carbonyl (C=O) groups is 1. The summed E-state index contributed by atoms with van der Waals surface area (Å²) in [5.74, 6) is 0.864. The van der Waals surface area contributed by atoms with E-state index in [1.807, 2.05) is 65.3 Å². The van der Waals surface area contributed by atoms with Crippen LogP contribution in [0.1, 0.15) is 18.5 Å². The third-order valence-electron chi connectivity index (χ3n) is 6.18. The summed E-state index contributed by atoms with van der Waals surface area (Å²) in [7, 11) is 1.21. The maximum atomic E-state index is 15.2. The van der Waals surface area contributed by atoms with E-state index in [1.54, 1.807) is 25.1 Å². The van der Waals surface area contributed by atoms with Crippen LogP contribution in [0, 0.1) is 0 Å². The van der Waals surface area contributed by atoms with Gasteiger partial charge in [0.2, 0.25) is 13.0 Å². The fourth-order valence-corrected chi connectivity index (χ4v) is 7.51. The third-order valence-corrected chi connectivity index (χ3v) is 9.29. The van der Waals surface area contributed by atoms with E-state index in [2.05, 4.69) is 0 Å². The van der Waals surface area contributed by atoms with Gasteiger partial charge in [0, 0.05) is 17.2 Å². The Morgan fingerprint density at radius 2 is 1.42 bits per heavy atom. The van der Waals surface area contributed by atoms with Crippen LogP contribution in [0.2, 0.25) is 0 Å². The Labute approximate surface area is 211 Å². The van der Waals surface area contributed by atoms with Crippen molar-refractivity contribution in [1.82, 2.24) is 4.67 Å². The molecule has 1 heterocycles. The predicted molar refractivity (Wildman–Crippen MR) is 140 cm³/mol. The average Bonchev–Trinajstić information content (AvgIpc) is 3.38. The van der Waals surface area contributed by atoms with E-state index in [-0.39, 0.29) is 13.2 Å². The topological polar surface area (TPSA) is 74.3 Å². The standard InChI is InChI=1S/C28H30NO6P/c1-5-35-28(30)23-16-17-29(26(23)20-18-24(32-2)27(34-4)25(19-20)33-3)36(31,21-12-8-6-9-13-21)22-14-10-7-11-15-22/h6-16,18-19,26H,5,17H2,1-4H3. The number of esters is 1. The minimum atomic E-state index is -3.39. The summed E-state index contributed by atoms with van der Waals surface area (Å²) in [5.41, 5.74) is 1.09. The summed E-state index contributed by atoms with van der Waals surface area (Å²) < 4.78 is 39.2. The molecule has 4 rings (SSSR count). The molecule has 36 heavy (non-hydrogen) atoms. The Morgan fingerprint density at radius 1 is 0.889 bits per heavy atom. The summed E-state index contributed by atoms with van der Waals surface area (Å²) in [6, 6.07) is 21.6. The van der Waals surface area contributed by atoms with E-state index in [0.29, 0.717) is 39.0 Å².